The number of hydrogen-bond acceptors (Lipinski definition) is 6. The van der Waals surface area contributed by atoms with Gasteiger partial charge < -0.3 is 5.32 Å². The molecule has 1 heterocycles. The van der Waals surface area contributed by atoms with Crippen molar-refractivity contribution >= 4 is 40.7 Å². The topological polar surface area (TPSA) is 133 Å². The summed E-state index contributed by atoms with van der Waals surface area (Å²) in [5.41, 5.74) is -0.557. The highest BCUT2D eigenvalue weighted by Crippen LogP contribution is 2.30. The zero-order valence-corrected chi connectivity index (χ0v) is 14.2. The summed E-state index contributed by atoms with van der Waals surface area (Å²) >= 11 is 5.81. The molecule has 2 aromatic carbocycles. The molecule has 27 heavy (non-hydrogen) atoms. The highest BCUT2D eigenvalue weighted by Gasteiger charge is 2.41. The van der Waals surface area contributed by atoms with Crippen molar-refractivity contribution < 1.29 is 19.3 Å². The lowest BCUT2D eigenvalue weighted by Crippen LogP contribution is -2.37. The molecule has 0 unspecified atom stereocenters. The smallest absolute Gasteiger partial charge is 0.282 e. The van der Waals surface area contributed by atoms with Gasteiger partial charge in [-0.2, -0.15) is 5.26 Å². The fourth-order valence-corrected chi connectivity index (χ4v) is 2.80. The van der Waals surface area contributed by atoms with Gasteiger partial charge in [0.2, 0.25) is 5.91 Å². The van der Waals surface area contributed by atoms with Crippen LogP contribution in [0.2, 0.25) is 5.02 Å². The van der Waals surface area contributed by atoms with E-state index in [0.29, 0.717) is 4.90 Å². The van der Waals surface area contributed by atoms with E-state index < -0.39 is 34.9 Å². The lowest BCUT2D eigenvalue weighted by molar-refractivity contribution is -0.385. The van der Waals surface area contributed by atoms with Crippen molar-refractivity contribution in [3.05, 3.63) is 68.2 Å². The Bertz CT molecular complexity index is 1060. The summed E-state index contributed by atoms with van der Waals surface area (Å²) in [6, 6.07) is 9.77. The van der Waals surface area contributed by atoms with Gasteiger partial charge >= 0.3 is 0 Å². The molecule has 9 nitrogen and oxygen atoms in total. The SMILES string of the molecule is N#Cc1cc(NC(=O)CN2C(=O)c3cccc([N+](=O)[O-])c3C2=O)ccc1Cl. The summed E-state index contributed by atoms with van der Waals surface area (Å²) in [7, 11) is 0. The summed E-state index contributed by atoms with van der Waals surface area (Å²) in [4.78, 5) is 47.9. The van der Waals surface area contributed by atoms with Crippen LogP contribution in [0, 0.1) is 21.4 Å². The molecule has 0 radical (unpaired) electrons. The predicted molar refractivity (Wildman–Crippen MR) is 93.3 cm³/mol. The van der Waals surface area contributed by atoms with Crippen molar-refractivity contribution in [1.29, 1.82) is 5.26 Å². The molecule has 0 spiro atoms. The standard InChI is InChI=1S/C17H9ClN4O5/c18-12-5-4-10(6-9(12)7-19)20-14(23)8-21-16(24)11-2-1-3-13(22(26)27)15(11)17(21)25/h1-6H,8H2,(H,20,23). The lowest BCUT2D eigenvalue weighted by atomic mass is 10.1. The Kier molecular flexibility index (Phi) is 4.58. The van der Waals surface area contributed by atoms with Crippen molar-refractivity contribution in [3.63, 3.8) is 0 Å². The van der Waals surface area contributed by atoms with Crippen LogP contribution >= 0.6 is 11.6 Å². The van der Waals surface area contributed by atoms with E-state index in [1.807, 2.05) is 6.07 Å². The summed E-state index contributed by atoms with van der Waals surface area (Å²) < 4.78 is 0. The molecule has 10 heteroatoms. The fourth-order valence-electron chi connectivity index (χ4n) is 2.64. The second-order valence-electron chi connectivity index (χ2n) is 5.51. The first-order valence-corrected chi connectivity index (χ1v) is 7.84. The van der Waals surface area contributed by atoms with Crippen molar-refractivity contribution in [3.8, 4) is 6.07 Å². The molecule has 0 aromatic heterocycles. The minimum Gasteiger partial charge on any atom is -0.324 e. The van der Waals surface area contributed by atoms with E-state index in [9.17, 15) is 24.5 Å². The molecule has 134 valence electrons. The van der Waals surface area contributed by atoms with Crippen LogP contribution < -0.4 is 5.32 Å². The van der Waals surface area contributed by atoms with Crippen LogP contribution in [-0.4, -0.2) is 34.1 Å². The van der Waals surface area contributed by atoms with Gasteiger partial charge in [0.05, 0.1) is 21.1 Å². The second kappa shape index (κ2) is 6.86. The summed E-state index contributed by atoms with van der Waals surface area (Å²) in [6.45, 7) is -0.631. The normalized spacial score (nSPS) is 12.5. The third kappa shape index (κ3) is 3.21. The third-order valence-corrected chi connectivity index (χ3v) is 4.18. The molecule has 0 fully saturated rings. The molecular weight excluding hydrogens is 376 g/mol. The summed E-state index contributed by atoms with van der Waals surface area (Å²) in [5, 5.41) is 22.7. The number of nitro groups is 1. The molecule has 0 saturated carbocycles. The number of amides is 3. The van der Waals surface area contributed by atoms with E-state index in [1.54, 1.807) is 0 Å². The van der Waals surface area contributed by atoms with Crippen LogP contribution in [0.25, 0.3) is 0 Å². The molecule has 1 N–H and O–H groups in total. The Morgan fingerprint density at radius 1 is 1.26 bits per heavy atom. The van der Waals surface area contributed by atoms with Crippen LogP contribution in [0.3, 0.4) is 0 Å². The molecule has 3 rings (SSSR count). The molecule has 3 amide bonds. The number of hydrogen-bond donors (Lipinski definition) is 1. The van der Waals surface area contributed by atoms with E-state index in [1.165, 1.54) is 30.3 Å². The van der Waals surface area contributed by atoms with E-state index in [-0.39, 0.29) is 27.4 Å². The number of imide groups is 1. The van der Waals surface area contributed by atoms with Gasteiger partial charge in [-0.25, -0.2) is 0 Å². The zero-order valence-electron chi connectivity index (χ0n) is 13.4. The third-order valence-electron chi connectivity index (χ3n) is 3.85. The number of anilines is 1. The first-order valence-electron chi connectivity index (χ1n) is 7.46. The first kappa shape index (κ1) is 18.0. The minimum atomic E-state index is -0.911. The number of nitrogens with one attached hydrogen (secondary N) is 1. The second-order valence-corrected chi connectivity index (χ2v) is 5.92. The molecule has 0 aliphatic carbocycles. The summed E-state index contributed by atoms with van der Waals surface area (Å²) in [6.07, 6.45) is 0. The lowest BCUT2D eigenvalue weighted by Gasteiger charge is -2.13. The number of benzene rings is 2. The molecule has 0 atom stereocenters. The number of halogens is 1. The minimum absolute atomic E-state index is 0.125. The maximum Gasteiger partial charge on any atom is 0.282 e. The van der Waals surface area contributed by atoms with E-state index in [4.69, 9.17) is 16.9 Å². The van der Waals surface area contributed by atoms with Gasteiger partial charge in [-0.3, -0.25) is 29.4 Å². The zero-order chi connectivity index (χ0) is 19.7. The largest absolute Gasteiger partial charge is 0.324 e. The molecule has 2 aromatic rings. The van der Waals surface area contributed by atoms with Gasteiger partial charge in [0, 0.05) is 11.8 Å². The number of rotatable bonds is 4. The number of nitrogens with zero attached hydrogens (tertiary/aromatic N) is 3. The van der Waals surface area contributed by atoms with Gasteiger partial charge in [-0.15, -0.1) is 0 Å². The highest BCUT2D eigenvalue weighted by atomic mass is 35.5. The van der Waals surface area contributed by atoms with Gasteiger partial charge in [-0.05, 0) is 24.3 Å². The fraction of sp³-hybridized carbons (Fsp3) is 0.0588. The quantitative estimate of drug-likeness (QED) is 0.488. The van der Waals surface area contributed by atoms with Crippen LogP contribution in [0.4, 0.5) is 11.4 Å². The Morgan fingerprint density at radius 3 is 2.67 bits per heavy atom. The number of nitriles is 1. The van der Waals surface area contributed by atoms with Gasteiger partial charge in [0.15, 0.2) is 0 Å². The van der Waals surface area contributed by atoms with Crippen LogP contribution in [0.5, 0.6) is 0 Å². The van der Waals surface area contributed by atoms with Gasteiger partial charge in [0.1, 0.15) is 18.2 Å². The van der Waals surface area contributed by atoms with E-state index in [2.05, 4.69) is 5.32 Å². The molecule has 1 aliphatic rings. The van der Waals surface area contributed by atoms with Crippen LogP contribution in [0.15, 0.2) is 36.4 Å². The highest BCUT2D eigenvalue weighted by molar-refractivity contribution is 6.31. The molecular formula is C17H9ClN4O5. The first-order chi connectivity index (χ1) is 12.8. The Labute approximate surface area is 156 Å². The Balaban J connectivity index is 1.81. The van der Waals surface area contributed by atoms with Gasteiger partial charge in [0.25, 0.3) is 17.5 Å². The maximum absolute atomic E-state index is 12.4. The Morgan fingerprint density at radius 2 is 2.00 bits per heavy atom. The van der Waals surface area contributed by atoms with Crippen LogP contribution in [-0.2, 0) is 4.79 Å². The maximum atomic E-state index is 12.4. The van der Waals surface area contributed by atoms with Crippen molar-refractivity contribution in [2.45, 2.75) is 0 Å². The Hall–Kier alpha value is -3.77. The molecule has 0 bridgehead atoms. The number of nitro benzene ring substituents is 1. The molecule has 1 aliphatic heterocycles. The number of carbonyl (C=O) groups is 3. The summed E-state index contributed by atoms with van der Waals surface area (Å²) in [5.74, 6) is -2.41. The van der Waals surface area contributed by atoms with Crippen molar-refractivity contribution in [1.82, 2.24) is 4.90 Å². The average molecular weight is 385 g/mol. The van der Waals surface area contributed by atoms with Crippen LogP contribution in [0.1, 0.15) is 26.3 Å². The van der Waals surface area contributed by atoms with E-state index in [0.717, 1.165) is 6.07 Å². The van der Waals surface area contributed by atoms with Gasteiger partial charge in [-0.1, -0.05) is 17.7 Å². The molecule has 0 saturated heterocycles. The van der Waals surface area contributed by atoms with Crippen molar-refractivity contribution in [2.75, 3.05) is 11.9 Å². The monoisotopic (exact) mass is 384 g/mol. The number of fused-ring (bicyclic) bond motifs is 1. The van der Waals surface area contributed by atoms with Crippen molar-refractivity contribution in [2.24, 2.45) is 0 Å². The van der Waals surface area contributed by atoms with E-state index >= 15 is 0 Å². The average Bonchev–Trinajstić information content (AvgIpc) is 2.88. The number of carbonyl (C=O) groups excluding carboxylic acids is 3. The predicted octanol–water partition coefficient (Wildman–Crippen LogP) is 2.35.